The van der Waals surface area contributed by atoms with Gasteiger partial charge in [-0.2, -0.15) is 0 Å². The molecule has 0 spiro atoms. The van der Waals surface area contributed by atoms with Crippen molar-refractivity contribution in [3.63, 3.8) is 0 Å². The van der Waals surface area contributed by atoms with E-state index in [4.69, 9.17) is 11.6 Å². The number of amides is 2. The maximum Gasteiger partial charge on any atom is 0.265 e. The second-order valence-electron chi connectivity index (χ2n) is 8.96. The molecule has 0 unspecified atom stereocenters. The molecule has 10 heteroatoms. The lowest BCUT2D eigenvalue weighted by atomic mass is 9.94. The zero-order valence-electron chi connectivity index (χ0n) is 19.2. The highest BCUT2D eigenvalue weighted by atomic mass is 35.5. The van der Waals surface area contributed by atoms with Crippen molar-refractivity contribution in [3.8, 4) is 0 Å². The Morgan fingerprint density at radius 3 is 2.47 bits per heavy atom. The third kappa shape index (κ3) is 5.92. The predicted molar refractivity (Wildman–Crippen MR) is 130 cm³/mol. The van der Waals surface area contributed by atoms with Crippen molar-refractivity contribution in [2.24, 2.45) is 5.41 Å². The number of aromatic nitrogens is 2. The molecule has 2 aromatic heterocycles. The smallest absolute Gasteiger partial charge is 0.265 e. The Balaban J connectivity index is 1.94. The quantitative estimate of drug-likeness (QED) is 0.447. The first kappa shape index (κ1) is 25.2. The van der Waals surface area contributed by atoms with Crippen LogP contribution in [0.1, 0.15) is 29.8 Å². The molecule has 1 aromatic carbocycles. The lowest BCUT2D eigenvalue weighted by Crippen LogP contribution is -2.42. The van der Waals surface area contributed by atoms with Gasteiger partial charge in [-0.3, -0.25) is 23.7 Å². The van der Waals surface area contributed by atoms with Crippen LogP contribution in [0.5, 0.6) is 0 Å². The van der Waals surface area contributed by atoms with E-state index >= 15 is 0 Å². The topological polar surface area (TPSA) is 124 Å². The third-order valence-electron chi connectivity index (χ3n) is 5.40. The fraction of sp³-hybridized carbons (Fsp3) is 0.333. The fourth-order valence-electron chi connectivity index (χ4n) is 3.51. The summed E-state index contributed by atoms with van der Waals surface area (Å²) >= 11 is 5.88. The van der Waals surface area contributed by atoms with Crippen molar-refractivity contribution in [1.82, 2.24) is 19.8 Å². The first-order valence-electron chi connectivity index (χ1n) is 10.6. The second-order valence-corrected chi connectivity index (χ2v) is 9.39. The average molecular weight is 487 g/mol. The Morgan fingerprint density at radius 2 is 1.82 bits per heavy atom. The molecule has 0 aliphatic carbocycles. The summed E-state index contributed by atoms with van der Waals surface area (Å²) in [6.07, 6.45) is 0. The Labute approximate surface area is 201 Å². The van der Waals surface area contributed by atoms with Crippen LogP contribution >= 0.6 is 11.6 Å². The lowest BCUT2D eigenvalue weighted by Gasteiger charge is -2.28. The molecule has 180 valence electrons. The van der Waals surface area contributed by atoms with E-state index in [2.05, 4.69) is 10.3 Å². The Kier molecular flexibility index (Phi) is 7.58. The van der Waals surface area contributed by atoms with Gasteiger partial charge in [-0.15, -0.1) is 0 Å². The molecule has 0 atom stereocenters. The fourth-order valence-corrected chi connectivity index (χ4v) is 3.63. The lowest BCUT2D eigenvalue weighted by molar-refractivity contribution is -0.132. The third-order valence-corrected chi connectivity index (χ3v) is 5.65. The van der Waals surface area contributed by atoms with E-state index in [0.29, 0.717) is 10.4 Å². The van der Waals surface area contributed by atoms with Crippen LogP contribution in [-0.4, -0.2) is 51.6 Å². The number of carbonyl (C=O) groups is 2. The number of aliphatic hydroxyl groups is 1. The van der Waals surface area contributed by atoms with Crippen molar-refractivity contribution >= 4 is 34.4 Å². The maximum atomic E-state index is 13.2. The number of hydrogen-bond donors (Lipinski definition) is 3. The number of pyridine rings is 2. The summed E-state index contributed by atoms with van der Waals surface area (Å²) in [6.45, 7) is 3.54. The predicted octanol–water partition coefficient (Wildman–Crippen LogP) is 1.75. The summed E-state index contributed by atoms with van der Waals surface area (Å²) in [7, 11) is 1.57. The number of nitrogens with zero attached hydrogens (tertiary/aromatic N) is 2. The monoisotopic (exact) mass is 486 g/mol. The van der Waals surface area contributed by atoms with Crippen LogP contribution in [0, 0.1) is 5.41 Å². The summed E-state index contributed by atoms with van der Waals surface area (Å²) in [5.41, 5.74) is -0.884. The minimum Gasteiger partial charge on any atom is -0.396 e. The van der Waals surface area contributed by atoms with Crippen molar-refractivity contribution < 1.29 is 14.7 Å². The van der Waals surface area contributed by atoms with Gasteiger partial charge in [0.05, 0.1) is 0 Å². The van der Waals surface area contributed by atoms with Crippen LogP contribution in [0.4, 0.5) is 0 Å². The number of hydrogen-bond acceptors (Lipinski definition) is 5. The minimum atomic E-state index is -0.703. The number of carbonyl (C=O) groups excluding carboxylic acids is 2. The van der Waals surface area contributed by atoms with Crippen molar-refractivity contribution in [2.45, 2.75) is 26.9 Å². The molecule has 0 radical (unpaired) electrons. The van der Waals surface area contributed by atoms with Crippen LogP contribution in [0.3, 0.4) is 0 Å². The van der Waals surface area contributed by atoms with E-state index in [-0.39, 0.29) is 37.5 Å². The van der Waals surface area contributed by atoms with Gasteiger partial charge in [0.2, 0.25) is 11.5 Å². The number of nitrogens with one attached hydrogen (secondary N) is 2. The molecule has 0 aliphatic rings. The zero-order valence-corrected chi connectivity index (χ0v) is 20.0. The van der Waals surface area contributed by atoms with E-state index in [1.54, 1.807) is 31.3 Å². The molecule has 3 aromatic rings. The van der Waals surface area contributed by atoms with Crippen LogP contribution in [0.2, 0.25) is 5.02 Å². The van der Waals surface area contributed by atoms with Gasteiger partial charge >= 0.3 is 0 Å². The van der Waals surface area contributed by atoms with E-state index in [1.807, 2.05) is 13.8 Å². The van der Waals surface area contributed by atoms with E-state index in [1.165, 1.54) is 23.1 Å². The highest BCUT2D eigenvalue weighted by Crippen LogP contribution is 2.16. The van der Waals surface area contributed by atoms with Gasteiger partial charge in [0.1, 0.15) is 17.8 Å². The molecule has 3 N–H and O–H groups in total. The van der Waals surface area contributed by atoms with E-state index < -0.39 is 28.3 Å². The number of halogens is 1. The number of likely N-dealkylation sites (N-methyl/N-ethyl adjacent to an activating group) is 1. The number of H-pyrrole nitrogens is 1. The molecule has 0 fully saturated rings. The number of fused-ring (bicyclic) bond motifs is 1. The maximum absolute atomic E-state index is 13.2. The summed E-state index contributed by atoms with van der Waals surface area (Å²) in [4.78, 5) is 54.9. The van der Waals surface area contributed by atoms with Gasteiger partial charge < -0.3 is 20.3 Å². The molecule has 0 aliphatic heterocycles. The van der Waals surface area contributed by atoms with Crippen LogP contribution in [0.15, 0.2) is 52.1 Å². The molecule has 0 saturated heterocycles. The summed E-state index contributed by atoms with van der Waals surface area (Å²) in [5.74, 6) is -1.02. The Morgan fingerprint density at radius 1 is 1.15 bits per heavy atom. The minimum absolute atomic E-state index is 0.121. The largest absolute Gasteiger partial charge is 0.396 e. The van der Waals surface area contributed by atoms with Crippen molar-refractivity contribution in [1.29, 1.82) is 0 Å². The number of aromatic amines is 1. The highest BCUT2D eigenvalue weighted by molar-refractivity contribution is 6.30. The second kappa shape index (κ2) is 10.2. The van der Waals surface area contributed by atoms with Crippen LogP contribution in [-0.2, 0) is 17.9 Å². The molecule has 9 nitrogen and oxygen atoms in total. The normalized spacial score (nSPS) is 11.4. The molecule has 2 heterocycles. The zero-order chi connectivity index (χ0) is 25.0. The summed E-state index contributed by atoms with van der Waals surface area (Å²) in [5, 5.41) is 13.2. The van der Waals surface area contributed by atoms with Gasteiger partial charge in [0, 0.05) is 48.6 Å². The van der Waals surface area contributed by atoms with Crippen LogP contribution < -0.4 is 16.4 Å². The van der Waals surface area contributed by atoms with Crippen molar-refractivity contribution in [2.75, 3.05) is 20.2 Å². The van der Waals surface area contributed by atoms with Gasteiger partial charge in [-0.25, -0.2) is 0 Å². The molecular formula is C24H27ClN4O5. The molecular weight excluding hydrogens is 460 g/mol. The van der Waals surface area contributed by atoms with E-state index in [9.17, 15) is 24.3 Å². The summed E-state index contributed by atoms with van der Waals surface area (Å²) in [6, 6.07) is 11.1. The highest BCUT2D eigenvalue weighted by Gasteiger charge is 2.24. The van der Waals surface area contributed by atoms with Crippen LogP contribution in [0.25, 0.3) is 11.0 Å². The molecule has 3 rings (SSSR count). The first-order valence-corrected chi connectivity index (χ1v) is 11.0. The standard InChI is InChI=1S/C24H27ClN4O5/c1-24(2,14-30)13-28(3)20(32)12-29-21-16(6-9-19(31)27-21)10-18(23(29)34)22(33)26-11-15-4-7-17(25)8-5-15/h4-10,30H,11-14H2,1-3H3,(H,26,33)(H,27,31). The van der Waals surface area contributed by atoms with Crippen molar-refractivity contribution in [3.05, 3.63) is 79.3 Å². The average Bonchev–Trinajstić information content (AvgIpc) is 2.80. The van der Waals surface area contributed by atoms with Gasteiger partial charge in [0.15, 0.2) is 0 Å². The molecule has 34 heavy (non-hydrogen) atoms. The van der Waals surface area contributed by atoms with Gasteiger partial charge in [-0.1, -0.05) is 37.6 Å². The first-order chi connectivity index (χ1) is 16.0. The van der Waals surface area contributed by atoms with Gasteiger partial charge in [-0.05, 0) is 29.8 Å². The number of benzene rings is 1. The molecule has 2 amide bonds. The SMILES string of the molecule is CN(CC(C)(C)CO)C(=O)Cn1c(=O)c(C(=O)NCc2ccc(Cl)cc2)cc2ccc(=O)[nH]c21. The van der Waals surface area contributed by atoms with E-state index in [0.717, 1.165) is 10.1 Å². The summed E-state index contributed by atoms with van der Waals surface area (Å²) < 4.78 is 1.10. The van der Waals surface area contributed by atoms with Gasteiger partial charge in [0.25, 0.3) is 11.5 Å². The Bertz CT molecular complexity index is 1330. The number of rotatable bonds is 8. The molecule has 0 saturated carbocycles. The molecule has 0 bridgehead atoms. The Hall–Kier alpha value is -3.43. The number of aliphatic hydroxyl groups excluding tert-OH is 1.